The normalized spacial score (nSPS) is 23.9. The van der Waals surface area contributed by atoms with E-state index >= 15 is 0 Å². The Morgan fingerprint density at radius 1 is 1.08 bits per heavy atom. The molecule has 196 valence electrons. The molecule has 0 saturated carbocycles. The third kappa shape index (κ3) is 4.72. The van der Waals surface area contributed by atoms with Gasteiger partial charge in [0, 0.05) is 62.4 Å². The molecule has 0 radical (unpaired) electrons. The van der Waals surface area contributed by atoms with Crippen molar-refractivity contribution in [1.82, 2.24) is 35.0 Å². The maximum atomic E-state index is 14.0. The average molecular weight is 516 g/mol. The number of nitrogens with zero attached hydrogens (tertiary/aromatic N) is 5. The molecule has 3 amide bonds. The minimum absolute atomic E-state index is 0.0245. The van der Waals surface area contributed by atoms with Gasteiger partial charge in [-0.25, -0.2) is 9.97 Å². The Labute approximate surface area is 219 Å². The van der Waals surface area contributed by atoms with Gasteiger partial charge in [-0.05, 0) is 30.7 Å². The van der Waals surface area contributed by atoms with Gasteiger partial charge < -0.3 is 24.8 Å². The largest absolute Gasteiger partial charge is 0.475 e. The molecule has 2 N–H and O–H groups in total. The Kier molecular flexibility index (Phi) is 6.50. The quantitative estimate of drug-likeness (QED) is 0.532. The van der Waals surface area contributed by atoms with E-state index in [0.717, 1.165) is 5.69 Å². The van der Waals surface area contributed by atoms with E-state index in [4.69, 9.17) is 4.74 Å². The first-order chi connectivity index (χ1) is 18.6. The number of carbonyl (C=O) groups is 3. The number of rotatable bonds is 3. The summed E-state index contributed by atoms with van der Waals surface area (Å²) in [4.78, 5) is 57.7. The second kappa shape index (κ2) is 10.3. The van der Waals surface area contributed by atoms with Gasteiger partial charge in [0.15, 0.2) is 0 Å². The van der Waals surface area contributed by atoms with Crippen LogP contribution in [0.15, 0.2) is 61.2 Å². The molecule has 38 heavy (non-hydrogen) atoms. The molecule has 3 aliphatic rings. The molecule has 3 atom stereocenters. The van der Waals surface area contributed by atoms with Gasteiger partial charge in [-0.15, -0.1) is 0 Å². The fourth-order valence-corrected chi connectivity index (χ4v) is 5.57. The minimum atomic E-state index is -0.421. The number of likely N-dealkylation sites (tertiary alicyclic amines) is 1. The number of hydrogen-bond donors (Lipinski definition) is 2. The minimum Gasteiger partial charge on any atom is -0.475 e. The molecule has 0 unspecified atom stereocenters. The molecular formula is C27H29N7O4. The Balaban J connectivity index is 1.31. The molecule has 2 aromatic heterocycles. The number of imidazole rings is 1. The number of hydrogen-bond acceptors (Lipinski definition) is 7. The zero-order valence-corrected chi connectivity index (χ0v) is 20.8. The molecular weight excluding hydrogens is 486 g/mol. The summed E-state index contributed by atoms with van der Waals surface area (Å²) in [6.45, 7) is 2.29. The number of pyridine rings is 1. The van der Waals surface area contributed by atoms with Gasteiger partial charge in [0.25, 0.3) is 11.8 Å². The summed E-state index contributed by atoms with van der Waals surface area (Å²) < 4.78 is 6.05. The van der Waals surface area contributed by atoms with E-state index in [0.29, 0.717) is 50.3 Å². The van der Waals surface area contributed by atoms with E-state index in [1.54, 1.807) is 47.9 Å². The highest BCUT2D eigenvalue weighted by Gasteiger charge is 2.43. The number of benzene rings is 1. The molecule has 3 aliphatic heterocycles. The molecule has 11 heteroatoms. The molecule has 5 heterocycles. The summed E-state index contributed by atoms with van der Waals surface area (Å²) in [5.74, 6) is -0.171. The van der Waals surface area contributed by atoms with Crippen molar-refractivity contribution in [1.29, 1.82) is 0 Å². The Hall–Kier alpha value is -4.25. The van der Waals surface area contributed by atoms with Crippen molar-refractivity contribution in [2.45, 2.75) is 31.1 Å². The SMILES string of the molecule is O=C1N[C@H]2C[C@@H](C(=O)N3CCN(C(=O)c4ccccc4)C[C@H]3COc3ncccc31)N(Cc1cnc[nH]1)C2. The number of carbonyl (C=O) groups excluding carboxylic acids is 3. The Bertz CT molecular complexity index is 1320. The van der Waals surface area contributed by atoms with Crippen molar-refractivity contribution < 1.29 is 19.1 Å². The van der Waals surface area contributed by atoms with Crippen LogP contribution in [0.2, 0.25) is 0 Å². The molecule has 11 nitrogen and oxygen atoms in total. The van der Waals surface area contributed by atoms with Crippen LogP contribution in [0.5, 0.6) is 5.88 Å². The third-order valence-corrected chi connectivity index (χ3v) is 7.45. The topological polar surface area (TPSA) is 124 Å². The maximum Gasteiger partial charge on any atom is 0.257 e. The number of aromatic amines is 1. The Morgan fingerprint density at radius 2 is 1.95 bits per heavy atom. The van der Waals surface area contributed by atoms with Gasteiger partial charge in [-0.1, -0.05) is 18.2 Å². The molecule has 2 saturated heterocycles. The van der Waals surface area contributed by atoms with E-state index < -0.39 is 12.1 Å². The van der Waals surface area contributed by atoms with E-state index in [1.807, 2.05) is 23.1 Å². The second-order valence-corrected chi connectivity index (χ2v) is 9.90. The van der Waals surface area contributed by atoms with Gasteiger partial charge >= 0.3 is 0 Å². The summed E-state index contributed by atoms with van der Waals surface area (Å²) in [6, 6.07) is 11.5. The van der Waals surface area contributed by atoms with Gasteiger partial charge in [-0.2, -0.15) is 0 Å². The molecule has 3 aromatic rings. The average Bonchev–Trinajstić information content (AvgIpc) is 3.61. The van der Waals surface area contributed by atoms with Crippen molar-refractivity contribution in [3.8, 4) is 5.88 Å². The number of piperazine rings is 1. The van der Waals surface area contributed by atoms with Gasteiger partial charge in [0.05, 0.1) is 18.4 Å². The summed E-state index contributed by atoms with van der Waals surface area (Å²) in [6.07, 6.45) is 5.42. The van der Waals surface area contributed by atoms with Crippen LogP contribution < -0.4 is 10.1 Å². The summed E-state index contributed by atoms with van der Waals surface area (Å²) in [7, 11) is 0. The standard InChI is InChI=1S/C27H29N7O4/c35-24-22-7-4-8-29-25(22)38-16-21-15-32(26(36)18-5-2-1-3-6-18)9-10-34(21)27(37)23-11-19(31-24)13-33(23)14-20-12-28-17-30-20/h1-8,12,17,19,21,23H,9-11,13-16H2,(H,28,30)(H,31,35)/t19-,21-,23-/m0/s1. The predicted octanol–water partition coefficient (Wildman–Crippen LogP) is 0.923. The predicted molar refractivity (Wildman–Crippen MR) is 136 cm³/mol. The third-order valence-electron chi connectivity index (χ3n) is 7.45. The summed E-state index contributed by atoms with van der Waals surface area (Å²) in [5, 5.41) is 3.07. The Morgan fingerprint density at radius 3 is 2.76 bits per heavy atom. The van der Waals surface area contributed by atoms with Crippen molar-refractivity contribution >= 4 is 17.7 Å². The van der Waals surface area contributed by atoms with Crippen LogP contribution in [-0.4, -0.2) is 98.3 Å². The zero-order chi connectivity index (χ0) is 26.1. The number of H-pyrrole nitrogens is 1. The summed E-state index contributed by atoms with van der Waals surface area (Å²) in [5.41, 5.74) is 1.85. The van der Waals surface area contributed by atoms with Crippen LogP contribution in [0.4, 0.5) is 0 Å². The molecule has 1 aromatic carbocycles. The lowest BCUT2D eigenvalue weighted by Gasteiger charge is -2.43. The fraction of sp³-hybridized carbons (Fsp3) is 0.370. The number of aromatic nitrogens is 3. The first-order valence-corrected chi connectivity index (χ1v) is 12.8. The van der Waals surface area contributed by atoms with Gasteiger partial charge in [0.1, 0.15) is 12.2 Å². The van der Waals surface area contributed by atoms with Crippen LogP contribution in [0.3, 0.4) is 0 Å². The van der Waals surface area contributed by atoms with Crippen LogP contribution >= 0.6 is 0 Å². The van der Waals surface area contributed by atoms with Gasteiger partial charge in [-0.3, -0.25) is 19.3 Å². The number of fused-ring (bicyclic) bond motifs is 4. The van der Waals surface area contributed by atoms with Crippen LogP contribution in [0.25, 0.3) is 0 Å². The molecule has 0 aliphatic carbocycles. The van der Waals surface area contributed by atoms with E-state index in [2.05, 4.69) is 25.2 Å². The lowest BCUT2D eigenvalue weighted by molar-refractivity contribution is -0.141. The van der Waals surface area contributed by atoms with Crippen LogP contribution in [-0.2, 0) is 11.3 Å². The highest BCUT2D eigenvalue weighted by atomic mass is 16.5. The second-order valence-electron chi connectivity index (χ2n) is 9.90. The van der Waals surface area contributed by atoms with E-state index in [-0.39, 0.29) is 36.3 Å². The lowest BCUT2D eigenvalue weighted by Crippen LogP contribution is -2.61. The number of ether oxygens (including phenoxy) is 1. The zero-order valence-electron chi connectivity index (χ0n) is 20.8. The lowest BCUT2D eigenvalue weighted by atomic mass is 10.1. The van der Waals surface area contributed by atoms with E-state index in [1.165, 1.54) is 0 Å². The monoisotopic (exact) mass is 515 g/mol. The van der Waals surface area contributed by atoms with E-state index in [9.17, 15) is 14.4 Å². The van der Waals surface area contributed by atoms with Crippen molar-refractivity contribution in [2.75, 3.05) is 32.8 Å². The van der Waals surface area contributed by atoms with Crippen LogP contribution in [0.1, 0.15) is 32.8 Å². The summed E-state index contributed by atoms with van der Waals surface area (Å²) >= 11 is 0. The van der Waals surface area contributed by atoms with Crippen molar-refractivity contribution in [3.05, 3.63) is 78.0 Å². The van der Waals surface area contributed by atoms with Crippen LogP contribution in [0, 0.1) is 0 Å². The fourth-order valence-electron chi connectivity index (χ4n) is 5.57. The molecule has 2 fully saturated rings. The molecule has 6 rings (SSSR count). The molecule has 2 bridgehead atoms. The van der Waals surface area contributed by atoms with Crippen molar-refractivity contribution in [3.63, 3.8) is 0 Å². The number of amides is 3. The maximum absolute atomic E-state index is 14.0. The first-order valence-electron chi connectivity index (χ1n) is 12.8. The first kappa shape index (κ1) is 24.1. The van der Waals surface area contributed by atoms with Gasteiger partial charge in [0.2, 0.25) is 11.8 Å². The highest BCUT2D eigenvalue weighted by Crippen LogP contribution is 2.27. The van der Waals surface area contributed by atoms with Crippen molar-refractivity contribution in [2.24, 2.45) is 0 Å². The number of nitrogens with one attached hydrogen (secondary N) is 2. The molecule has 0 spiro atoms. The smallest absolute Gasteiger partial charge is 0.257 e. The highest BCUT2D eigenvalue weighted by molar-refractivity contribution is 5.97.